The molecule has 0 aromatic heterocycles. The van der Waals surface area contributed by atoms with E-state index in [1.807, 2.05) is 19.0 Å². The van der Waals surface area contributed by atoms with Crippen LogP contribution in [0.15, 0.2) is 17.0 Å². The van der Waals surface area contributed by atoms with Gasteiger partial charge in [-0.3, -0.25) is 10.1 Å². The number of hydrogen-bond donors (Lipinski definition) is 1. The van der Waals surface area contributed by atoms with E-state index in [1.165, 1.54) is 13.0 Å². The van der Waals surface area contributed by atoms with Crippen LogP contribution in [0.2, 0.25) is 5.02 Å². The molecule has 0 aliphatic carbocycles. The highest BCUT2D eigenvalue weighted by molar-refractivity contribution is 7.89. The molecule has 0 spiro atoms. The molecule has 7 nitrogen and oxygen atoms in total. The third kappa shape index (κ3) is 4.14. The second-order valence-electron chi connectivity index (χ2n) is 4.53. The molecule has 0 saturated carbocycles. The van der Waals surface area contributed by atoms with E-state index in [1.54, 1.807) is 0 Å². The molecule has 0 saturated heterocycles. The van der Waals surface area contributed by atoms with Crippen molar-refractivity contribution in [3.8, 4) is 0 Å². The molecule has 0 atom stereocenters. The predicted molar refractivity (Wildman–Crippen MR) is 76.6 cm³/mol. The Labute approximate surface area is 122 Å². The Morgan fingerprint density at radius 3 is 2.50 bits per heavy atom. The zero-order valence-corrected chi connectivity index (χ0v) is 13.0. The Morgan fingerprint density at radius 1 is 1.40 bits per heavy atom. The fourth-order valence-electron chi connectivity index (χ4n) is 1.55. The highest BCUT2D eigenvalue weighted by Gasteiger charge is 2.23. The van der Waals surface area contributed by atoms with Crippen LogP contribution in [-0.2, 0) is 10.0 Å². The SMILES string of the molecule is Cc1cc(Cl)c([N+](=O)[O-])cc1S(=O)(=O)NCCN(C)C. The highest BCUT2D eigenvalue weighted by atomic mass is 35.5. The monoisotopic (exact) mass is 321 g/mol. The summed E-state index contributed by atoms with van der Waals surface area (Å²) in [6.45, 7) is 2.27. The average molecular weight is 322 g/mol. The summed E-state index contributed by atoms with van der Waals surface area (Å²) < 4.78 is 26.6. The van der Waals surface area contributed by atoms with Gasteiger partial charge in [0.1, 0.15) is 5.02 Å². The second kappa shape index (κ2) is 6.49. The van der Waals surface area contributed by atoms with E-state index in [0.29, 0.717) is 12.1 Å². The summed E-state index contributed by atoms with van der Waals surface area (Å²) in [6.07, 6.45) is 0. The molecule has 112 valence electrons. The Hall–Kier alpha value is -1.22. The van der Waals surface area contributed by atoms with Gasteiger partial charge in [0.25, 0.3) is 5.69 Å². The van der Waals surface area contributed by atoms with E-state index in [9.17, 15) is 18.5 Å². The van der Waals surface area contributed by atoms with Crippen LogP contribution in [0.5, 0.6) is 0 Å². The van der Waals surface area contributed by atoms with Crippen molar-refractivity contribution in [1.82, 2.24) is 9.62 Å². The van der Waals surface area contributed by atoms with E-state index in [-0.39, 0.29) is 16.5 Å². The number of benzene rings is 1. The van der Waals surface area contributed by atoms with Gasteiger partial charge in [0.05, 0.1) is 9.82 Å². The fourth-order valence-corrected chi connectivity index (χ4v) is 3.11. The van der Waals surface area contributed by atoms with Crippen molar-refractivity contribution in [2.24, 2.45) is 0 Å². The van der Waals surface area contributed by atoms with Crippen molar-refractivity contribution < 1.29 is 13.3 Å². The molecule has 0 aliphatic heterocycles. The Morgan fingerprint density at radius 2 is 2.00 bits per heavy atom. The summed E-state index contributed by atoms with van der Waals surface area (Å²) >= 11 is 5.73. The van der Waals surface area contributed by atoms with Crippen molar-refractivity contribution in [3.63, 3.8) is 0 Å². The molecule has 1 aromatic rings. The summed E-state index contributed by atoms with van der Waals surface area (Å²) in [7, 11) is -0.175. The first-order valence-corrected chi connectivity index (χ1v) is 7.60. The summed E-state index contributed by atoms with van der Waals surface area (Å²) in [5.41, 5.74) is -0.0665. The average Bonchev–Trinajstić information content (AvgIpc) is 2.26. The summed E-state index contributed by atoms with van der Waals surface area (Å²) in [4.78, 5) is 11.8. The van der Waals surface area contributed by atoms with Crippen molar-refractivity contribution in [2.75, 3.05) is 27.2 Å². The predicted octanol–water partition coefficient (Wildman–Crippen LogP) is 1.40. The van der Waals surface area contributed by atoms with Crippen LogP contribution in [0, 0.1) is 17.0 Å². The first-order valence-electron chi connectivity index (χ1n) is 5.74. The number of nitrogens with one attached hydrogen (secondary N) is 1. The molecule has 0 unspecified atom stereocenters. The van der Waals surface area contributed by atoms with Crippen LogP contribution >= 0.6 is 11.6 Å². The maximum absolute atomic E-state index is 12.1. The van der Waals surface area contributed by atoms with E-state index in [2.05, 4.69) is 4.72 Å². The van der Waals surface area contributed by atoms with Gasteiger partial charge >= 0.3 is 0 Å². The lowest BCUT2D eigenvalue weighted by atomic mass is 10.2. The third-order valence-electron chi connectivity index (χ3n) is 2.58. The fraction of sp³-hybridized carbons (Fsp3) is 0.455. The Kier molecular flexibility index (Phi) is 5.46. The standard InChI is InChI=1S/C11H16ClN3O4S/c1-8-6-9(12)10(15(16)17)7-11(8)20(18,19)13-4-5-14(2)3/h6-7,13H,4-5H2,1-3H3. The maximum Gasteiger partial charge on any atom is 0.289 e. The first-order chi connectivity index (χ1) is 9.15. The number of hydrogen-bond acceptors (Lipinski definition) is 5. The number of rotatable bonds is 6. The lowest BCUT2D eigenvalue weighted by molar-refractivity contribution is -0.384. The Bertz CT molecular complexity index is 616. The number of halogens is 1. The van der Waals surface area contributed by atoms with Crippen LogP contribution in [-0.4, -0.2) is 45.4 Å². The molecule has 0 fully saturated rings. The quantitative estimate of drug-likeness (QED) is 0.631. The molecule has 1 N–H and O–H groups in total. The van der Waals surface area contributed by atoms with Gasteiger partial charge in [-0.05, 0) is 32.6 Å². The van der Waals surface area contributed by atoms with Crippen LogP contribution in [0.25, 0.3) is 0 Å². The zero-order valence-electron chi connectivity index (χ0n) is 11.4. The van der Waals surface area contributed by atoms with Crippen molar-refractivity contribution in [2.45, 2.75) is 11.8 Å². The van der Waals surface area contributed by atoms with E-state index >= 15 is 0 Å². The molecule has 0 bridgehead atoms. The minimum atomic E-state index is -3.80. The lowest BCUT2D eigenvalue weighted by Gasteiger charge is -2.12. The maximum atomic E-state index is 12.1. The van der Waals surface area contributed by atoms with Gasteiger partial charge in [-0.2, -0.15) is 0 Å². The third-order valence-corrected chi connectivity index (χ3v) is 4.49. The van der Waals surface area contributed by atoms with E-state index in [4.69, 9.17) is 11.6 Å². The minimum absolute atomic E-state index is 0.0836. The van der Waals surface area contributed by atoms with Crippen molar-refractivity contribution in [1.29, 1.82) is 0 Å². The van der Waals surface area contributed by atoms with Crippen LogP contribution in [0.4, 0.5) is 5.69 Å². The van der Waals surface area contributed by atoms with Crippen molar-refractivity contribution >= 4 is 27.3 Å². The van der Waals surface area contributed by atoms with Gasteiger partial charge < -0.3 is 4.90 Å². The van der Waals surface area contributed by atoms with Gasteiger partial charge in [0.15, 0.2) is 0 Å². The Balaban J connectivity index is 3.11. The number of nitro groups is 1. The molecule has 0 aliphatic rings. The minimum Gasteiger partial charge on any atom is -0.308 e. The molecule has 20 heavy (non-hydrogen) atoms. The number of sulfonamides is 1. The normalized spacial score (nSPS) is 11.8. The van der Waals surface area contributed by atoms with Gasteiger partial charge in [-0.25, -0.2) is 13.1 Å². The molecule has 0 amide bonds. The van der Waals surface area contributed by atoms with Crippen LogP contribution in [0.3, 0.4) is 0 Å². The topological polar surface area (TPSA) is 92.5 Å². The van der Waals surface area contributed by atoms with Gasteiger partial charge in [0, 0.05) is 19.2 Å². The summed E-state index contributed by atoms with van der Waals surface area (Å²) in [5.74, 6) is 0. The van der Waals surface area contributed by atoms with Gasteiger partial charge in [-0.15, -0.1) is 0 Å². The van der Waals surface area contributed by atoms with E-state index in [0.717, 1.165) is 6.07 Å². The lowest BCUT2D eigenvalue weighted by Crippen LogP contribution is -2.31. The molecule has 0 heterocycles. The molecule has 0 radical (unpaired) electrons. The first kappa shape index (κ1) is 16.8. The number of nitrogens with zero attached hydrogens (tertiary/aromatic N) is 2. The van der Waals surface area contributed by atoms with Crippen LogP contribution < -0.4 is 4.72 Å². The van der Waals surface area contributed by atoms with Gasteiger partial charge in [-0.1, -0.05) is 11.6 Å². The molecule has 1 rings (SSSR count). The highest BCUT2D eigenvalue weighted by Crippen LogP contribution is 2.29. The largest absolute Gasteiger partial charge is 0.308 e. The number of aryl methyl sites for hydroxylation is 1. The van der Waals surface area contributed by atoms with Crippen molar-refractivity contribution in [3.05, 3.63) is 32.8 Å². The number of likely N-dealkylation sites (N-methyl/N-ethyl adjacent to an activating group) is 1. The molecule has 1 aromatic carbocycles. The number of nitro benzene ring substituents is 1. The van der Waals surface area contributed by atoms with Crippen LogP contribution in [0.1, 0.15) is 5.56 Å². The molecule has 9 heteroatoms. The molecular formula is C11H16ClN3O4S. The summed E-state index contributed by atoms with van der Waals surface area (Å²) in [5, 5.41) is 10.7. The zero-order chi connectivity index (χ0) is 15.5. The smallest absolute Gasteiger partial charge is 0.289 e. The summed E-state index contributed by atoms with van der Waals surface area (Å²) in [6, 6.07) is 2.26. The molecular weight excluding hydrogens is 306 g/mol. The van der Waals surface area contributed by atoms with Gasteiger partial charge in [0.2, 0.25) is 10.0 Å². The van der Waals surface area contributed by atoms with E-state index < -0.39 is 20.6 Å². The second-order valence-corrected chi connectivity index (χ2v) is 6.67.